The Morgan fingerprint density at radius 3 is 2.56 bits per heavy atom. The fraction of sp³-hybridized carbons (Fsp3) is 1.00. The van der Waals surface area contributed by atoms with Crippen LogP contribution in [0.25, 0.3) is 0 Å². The standard InChI is InChI=1S/C12H27N3O/c1-14(2)7-4-3-5-13-6-8-15-9-11-16-12-10-15/h13H,3-12H2,1-2H3. The summed E-state index contributed by atoms with van der Waals surface area (Å²) in [6.07, 6.45) is 2.57. The fourth-order valence-corrected chi connectivity index (χ4v) is 1.86. The Balaban J connectivity index is 1.80. The molecule has 4 heteroatoms. The number of nitrogens with zero attached hydrogens (tertiary/aromatic N) is 2. The van der Waals surface area contributed by atoms with E-state index in [2.05, 4.69) is 29.2 Å². The average Bonchev–Trinajstić information content (AvgIpc) is 2.29. The van der Waals surface area contributed by atoms with Crippen molar-refractivity contribution in [2.24, 2.45) is 0 Å². The molecule has 1 saturated heterocycles. The number of unbranched alkanes of at least 4 members (excludes halogenated alkanes) is 1. The molecule has 1 aliphatic rings. The van der Waals surface area contributed by atoms with Gasteiger partial charge in [0.2, 0.25) is 0 Å². The third-order valence-electron chi connectivity index (χ3n) is 2.92. The first-order valence-corrected chi connectivity index (χ1v) is 6.44. The predicted molar refractivity (Wildman–Crippen MR) is 67.9 cm³/mol. The van der Waals surface area contributed by atoms with Crippen molar-refractivity contribution < 1.29 is 4.74 Å². The molecule has 0 unspecified atom stereocenters. The van der Waals surface area contributed by atoms with Crippen molar-refractivity contribution in [1.82, 2.24) is 15.1 Å². The lowest BCUT2D eigenvalue weighted by molar-refractivity contribution is 0.0384. The quantitative estimate of drug-likeness (QED) is 0.604. The Morgan fingerprint density at radius 2 is 1.88 bits per heavy atom. The van der Waals surface area contributed by atoms with Crippen molar-refractivity contribution >= 4 is 0 Å². The van der Waals surface area contributed by atoms with E-state index in [1.54, 1.807) is 0 Å². The minimum Gasteiger partial charge on any atom is -0.379 e. The first-order chi connectivity index (χ1) is 7.79. The number of nitrogens with one attached hydrogen (secondary N) is 1. The largest absolute Gasteiger partial charge is 0.379 e. The van der Waals surface area contributed by atoms with E-state index in [1.165, 1.54) is 19.4 Å². The van der Waals surface area contributed by atoms with Gasteiger partial charge in [-0.05, 0) is 40.0 Å². The van der Waals surface area contributed by atoms with Gasteiger partial charge in [-0.15, -0.1) is 0 Å². The molecule has 96 valence electrons. The van der Waals surface area contributed by atoms with Crippen LogP contribution in [0.2, 0.25) is 0 Å². The van der Waals surface area contributed by atoms with Crippen LogP contribution in [0.15, 0.2) is 0 Å². The maximum Gasteiger partial charge on any atom is 0.0594 e. The molecule has 0 atom stereocenters. The van der Waals surface area contributed by atoms with Gasteiger partial charge in [-0.25, -0.2) is 0 Å². The van der Waals surface area contributed by atoms with Crippen molar-refractivity contribution in [3.05, 3.63) is 0 Å². The van der Waals surface area contributed by atoms with E-state index >= 15 is 0 Å². The molecule has 0 amide bonds. The molecule has 1 rings (SSSR count). The van der Waals surface area contributed by atoms with Gasteiger partial charge in [-0.2, -0.15) is 0 Å². The van der Waals surface area contributed by atoms with Crippen LogP contribution in [-0.2, 0) is 4.74 Å². The molecule has 0 aromatic heterocycles. The van der Waals surface area contributed by atoms with Gasteiger partial charge in [-0.1, -0.05) is 0 Å². The Morgan fingerprint density at radius 1 is 1.12 bits per heavy atom. The van der Waals surface area contributed by atoms with Gasteiger partial charge in [0, 0.05) is 26.2 Å². The molecule has 0 aromatic carbocycles. The zero-order valence-electron chi connectivity index (χ0n) is 10.9. The van der Waals surface area contributed by atoms with Gasteiger partial charge in [0.15, 0.2) is 0 Å². The Kier molecular flexibility index (Phi) is 7.76. The van der Waals surface area contributed by atoms with E-state index in [1.807, 2.05) is 0 Å². The number of rotatable bonds is 8. The van der Waals surface area contributed by atoms with Gasteiger partial charge in [0.05, 0.1) is 13.2 Å². The number of morpholine rings is 1. The normalized spacial score (nSPS) is 18.2. The fourth-order valence-electron chi connectivity index (χ4n) is 1.86. The highest BCUT2D eigenvalue weighted by Crippen LogP contribution is 1.95. The van der Waals surface area contributed by atoms with Gasteiger partial charge >= 0.3 is 0 Å². The summed E-state index contributed by atoms with van der Waals surface area (Å²) < 4.78 is 5.31. The first-order valence-electron chi connectivity index (χ1n) is 6.44. The zero-order valence-corrected chi connectivity index (χ0v) is 10.9. The van der Waals surface area contributed by atoms with Crippen molar-refractivity contribution in [2.75, 3.05) is 66.6 Å². The molecule has 0 saturated carbocycles. The van der Waals surface area contributed by atoms with Crippen LogP contribution >= 0.6 is 0 Å². The van der Waals surface area contributed by atoms with E-state index in [0.717, 1.165) is 45.9 Å². The minimum atomic E-state index is 0.906. The topological polar surface area (TPSA) is 27.7 Å². The molecule has 0 bridgehead atoms. The second-order valence-electron chi connectivity index (χ2n) is 4.71. The van der Waals surface area contributed by atoms with Crippen molar-refractivity contribution in [3.8, 4) is 0 Å². The summed E-state index contributed by atoms with van der Waals surface area (Å²) in [6, 6.07) is 0. The first kappa shape index (κ1) is 13.9. The van der Waals surface area contributed by atoms with Gasteiger partial charge < -0.3 is 15.0 Å². The van der Waals surface area contributed by atoms with Crippen LogP contribution in [0.3, 0.4) is 0 Å². The molecule has 1 fully saturated rings. The molecule has 1 heterocycles. The molecule has 0 aliphatic carbocycles. The Hall–Kier alpha value is -0.160. The van der Waals surface area contributed by atoms with E-state index in [9.17, 15) is 0 Å². The van der Waals surface area contributed by atoms with Crippen molar-refractivity contribution in [1.29, 1.82) is 0 Å². The maximum atomic E-state index is 5.31. The second kappa shape index (κ2) is 8.93. The summed E-state index contributed by atoms with van der Waals surface area (Å²) >= 11 is 0. The van der Waals surface area contributed by atoms with Crippen LogP contribution in [0.4, 0.5) is 0 Å². The molecule has 1 aliphatic heterocycles. The summed E-state index contributed by atoms with van der Waals surface area (Å²) in [5.41, 5.74) is 0. The smallest absolute Gasteiger partial charge is 0.0594 e. The van der Waals surface area contributed by atoms with Gasteiger partial charge in [0.25, 0.3) is 0 Å². The second-order valence-corrected chi connectivity index (χ2v) is 4.71. The molecule has 4 nitrogen and oxygen atoms in total. The summed E-state index contributed by atoms with van der Waals surface area (Å²) in [6.45, 7) is 8.64. The number of hydrogen-bond donors (Lipinski definition) is 1. The van der Waals surface area contributed by atoms with E-state index in [4.69, 9.17) is 4.74 Å². The van der Waals surface area contributed by atoms with Crippen LogP contribution in [0.1, 0.15) is 12.8 Å². The van der Waals surface area contributed by atoms with E-state index < -0.39 is 0 Å². The van der Waals surface area contributed by atoms with E-state index in [-0.39, 0.29) is 0 Å². The van der Waals surface area contributed by atoms with Crippen LogP contribution in [0.5, 0.6) is 0 Å². The summed E-state index contributed by atoms with van der Waals surface area (Å²) in [7, 11) is 4.26. The summed E-state index contributed by atoms with van der Waals surface area (Å²) in [5.74, 6) is 0. The molecule has 16 heavy (non-hydrogen) atoms. The van der Waals surface area contributed by atoms with Crippen LogP contribution in [0, 0.1) is 0 Å². The third-order valence-corrected chi connectivity index (χ3v) is 2.92. The molecular formula is C12H27N3O. The van der Waals surface area contributed by atoms with Crippen molar-refractivity contribution in [3.63, 3.8) is 0 Å². The monoisotopic (exact) mass is 229 g/mol. The summed E-state index contributed by atoms with van der Waals surface area (Å²) in [5, 5.41) is 3.51. The number of hydrogen-bond acceptors (Lipinski definition) is 4. The number of ether oxygens (including phenoxy) is 1. The average molecular weight is 229 g/mol. The zero-order chi connectivity index (χ0) is 11.6. The van der Waals surface area contributed by atoms with Gasteiger partial charge in [0.1, 0.15) is 0 Å². The Bertz CT molecular complexity index is 158. The highest BCUT2D eigenvalue weighted by molar-refractivity contribution is 4.63. The third kappa shape index (κ3) is 7.17. The Labute approximate surface area is 99.9 Å². The van der Waals surface area contributed by atoms with Gasteiger partial charge in [-0.3, -0.25) is 4.90 Å². The van der Waals surface area contributed by atoms with E-state index in [0.29, 0.717) is 0 Å². The lowest BCUT2D eigenvalue weighted by Gasteiger charge is -2.26. The predicted octanol–water partition coefficient (Wildman–Crippen LogP) is 0.250. The molecule has 0 aromatic rings. The minimum absolute atomic E-state index is 0.906. The summed E-state index contributed by atoms with van der Waals surface area (Å²) in [4.78, 5) is 4.71. The van der Waals surface area contributed by atoms with Crippen molar-refractivity contribution in [2.45, 2.75) is 12.8 Å². The highest BCUT2D eigenvalue weighted by Gasteiger charge is 2.08. The van der Waals surface area contributed by atoms with Crippen LogP contribution in [-0.4, -0.2) is 76.4 Å². The van der Waals surface area contributed by atoms with Crippen LogP contribution < -0.4 is 5.32 Å². The highest BCUT2D eigenvalue weighted by atomic mass is 16.5. The lowest BCUT2D eigenvalue weighted by atomic mass is 10.3. The molecule has 0 spiro atoms. The SMILES string of the molecule is CN(C)CCCCNCCN1CCOCC1. The molecular weight excluding hydrogens is 202 g/mol. The molecule has 1 N–H and O–H groups in total. The lowest BCUT2D eigenvalue weighted by Crippen LogP contribution is -2.40. The maximum absolute atomic E-state index is 5.31. The molecule has 0 radical (unpaired) electrons.